The lowest BCUT2D eigenvalue weighted by molar-refractivity contribution is 0.0723. The van der Waals surface area contributed by atoms with Gasteiger partial charge in [-0.05, 0) is 41.3 Å². The zero-order valence-electron chi connectivity index (χ0n) is 13.7. The van der Waals surface area contributed by atoms with Crippen LogP contribution in [0.15, 0.2) is 52.9 Å². The van der Waals surface area contributed by atoms with Crippen molar-refractivity contribution in [2.75, 3.05) is 6.54 Å². The Bertz CT molecular complexity index is 843. The maximum absolute atomic E-state index is 13.0. The number of hydrogen-bond acceptors (Lipinski definition) is 3. The molecule has 0 unspecified atom stereocenters. The van der Waals surface area contributed by atoms with Crippen LogP contribution < -0.4 is 0 Å². The van der Waals surface area contributed by atoms with Crippen molar-refractivity contribution in [3.05, 3.63) is 65.0 Å². The Labute approximate surface area is 146 Å². The maximum atomic E-state index is 13.0. The highest BCUT2D eigenvalue weighted by Gasteiger charge is 2.18. The summed E-state index contributed by atoms with van der Waals surface area (Å²) in [5.74, 6) is 0.358. The third-order valence-electron chi connectivity index (χ3n) is 3.70. The van der Waals surface area contributed by atoms with E-state index in [1.807, 2.05) is 35.2 Å². The van der Waals surface area contributed by atoms with E-state index in [9.17, 15) is 4.79 Å². The van der Waals surface area contributed by atoms with Gasteiger partial charge in [-0.1, -0.05) is 44.2 Å². The Morgan fingerprint density at radius 3 is 2.67 bits per heavy atom. The second-order valence-corrected chi connectivity index (χ2v) is 6.54. The molecule has 0 fully saturated rings. The normalized spacial score (nSPS) is 11.2. The number of carbonyl (C=O) groups is 1. The Morgan fingerprint density at radius 1 is 1.21 bits per heavy atom. The van der Waals surface area contributed by atoms with Crippen LogP contribution in [0.2, 0.25) is 5.35 Å². The lowest BCUT2D eigenvalue weighted by atomic mass is 10.1. The van der Waals surface area contributed by atoms with E-state index in [4.69, 9.17) is 16.0 Å². The Hall–Kier alpha value is -2.33. The molecule has 0 atom stereocenters. The first kappa shape index (κ1) is 16.5. The first-order valence-corrected chi connectivity index (χ1v) is 8.30. The fraction of sp³-hybridized carbons (Fsp3) is 0.263. The van der Waals surface area contributed by atoms with E-state index in [0.717, 1.165) is 5.56 Å². The molecule has 0 radical (unpaired) electrons. The van der Waals surface area contributed by atoms with Crippen LogP contribution in [0.1, 0.15) is 29.8 Å². The van der Waals surface area contributed by atoms with Gasteiger partial charge in [0.2, 0.25) is 0 Å². The van der Waals surface area contributed by atoms with E-state index in [0.29, 0.717) is 35.7 Å². The van der Waals surface area contributed by atoms with Crippen LogP contribution >= 0.6 is 11.6 Å². The van der Waals surface area contributed by atoms with Gasteiger partial charge in [0.05, 0.1) is 0 Å². The van der Waals surface area contributed by atoms with Crippen LogP contribution in [0.4, 0.5) is 0 Å². The zero-order valence-corrected chi connectivity index (χ0v) is 14.5. The number of oxazole rings is 1. The molecule has 3 aromatic rings. The predicted molar refractivity (Wildman–Crippen MR) is 95.0 cm³/mol. The van der Waals surface area contributed by atoms with Crippen molar-refractivity contribution in [1.29, 1.82) is 0 Å². The highest BCUT2D eigenvalue weighted by atomic mass is 35.5. The summed E-state index contributed by atoms with van der Waals surface area (Å²) in [7, 11) is 0. The van der Waals surface area contributed by atoms with Crippen molar-refractivity contribution in [3.63, 3.8) is 0 Å². The van der Waals surface area contributed by atoms with Gasteiger partial charge >= 0.3 is 0 Å². The molecule has 0 aliphatic heterocycles. The van der Waals surface area contributed by atoms with Crippen LogP contribution in [-0.4, -0.2) is 22.3 Å². The molecule has 0 N–H and O–H groups in total. The molecule has 1 aromatic heterocycles. The molecule has 124 valence electrons. The van der Waals surface area contributed by atoms with Gasteiger partial charge in [0.25, 0.3) is 11.3 Å². The van der Waals surface area contributed by atoms with E-state index >= 15 is 0 Å². The standard InChI is InChI=1S/C19H19ClN2O2/c1-13(2)11-22(12-14-6-4-3-5-7-14)18(23)15-8-9-17-16(10-15)21-19(20)24-17/h3-10,13H,11-12H2,1-2H3. The predicted octanol–water partition coefficient (Wildman–Crippen LogP) is 4.78. The largest absolute Gasteiger partial charge is 0.428 e. The number of rotatable bonds is 5. The lowest BCUT2D eigenvalue weighted by Crippen LogP contribution is -2.33. The molecular weight excluding hydrogens is 324 g/mol. The lowest BCUT2D eigenvalue weighted by Gasteiger charge is -2.25. The summed E-state index contributed by atoms with van der Waals surface area (Å²) in [6.45, 7) is 5.47. The minimum atomic E-state index is -0.0198. The van der Waals surface area contributed by atoms with E-state index in [1.165, 1.54) is 0 Å². The molecule has 0 spiro atoms. The van der Waals surface area contributed by atoms with Crippen molar-refractivity contribution in [1.82, 2.24) is 9.88 Å². The quantitative estimate of drug-likeness (QED) is 0.670. The van der Waals surface area contributed by atoms with Gasteiger partial charge in [-0.3, -0.25) is 4.79 Å². The molecule has 3 rings (SSSR count). The molecule has 4 nitrogen and oxygen atoms in total. The minimum absolute atomic E-state index is 0.0198. The second-order valence-electron chi connectivity index (χ2n) is 6.21. The molecule has 2 aromatic carbocycles. The summed E-state index contributed by atoms with van der Waals surface area (Å²) in [5.41, 5.74) is 2.87. The second kappa shape index (κ2) is 7.05. The Kier molecular flexibility index (Phi) is 4.86. The van der Waals surface area contributed by atoms with Gasteiger partial charge in [-0.25, -0.2) is 0 Å². The molecule has 0 bridgehead atoms. The number of aromatic nitrogens is 1. The van der Waals surface area contributed by atoms with Crippen molar-refractivity contribution < 1.29 is 9.21 Å². The third kappa shape index (κ3) is 3.77. The smallest absolute Gasteiger partial charge is 0.293 e. The number of amides is 1. The molecule has 0 aliphatic carbocycles. The van der Waals surface area contributed by atoms with Crippen molar-refractivity contribution in [2.45, 2.75) is 20.4 Å². The van der Waals surface area contributed by atoms with Crippen LogP contribution in [0.25, 0.3) is 11.1 Å². The summed E-state index contributed by atoms with van der Waals surface area (Å²) < 4.78 is 5.25. The van der Waals surface area contributed by atoms with E-state index in [1.54, 1.807) is 18.2 Å². The monoisotopic (exact) mass is 342 g/mol. The number of nitrogens with zero attached hydrogens (tertiary/aromatic N) is 2. The van der Waals surface area contributed by atoms with E-state index in [-0.39, 0.29) is 11.3 Å². The van der Waals surface area contributed by atoms with Gasteiger partial charge in [-0.2, -0.15) is 4.98 Å². The SMILES string of the molecule is CC(C)CN(Cc1ccccc1)C(=O)c1ccc2oc(Cl)nc2c1. The zero-order chi connectivity index (χ0) is 17.1. The number of carbonyl (C=O) groups excluding carboxylic acids is 1. The summed E-state index contributed by atoms with van der Waals surface area (Å²) in [6.07, 6.45) is 0. The Morgan fingerprint density at radius 2 is 1.96 bits per heavy atom. The molecule has 1 heterocycles. The van der Waals surface area contributed by atoms with E-state index < -0.39 is 0 Å². The molecule has 0 saturated carbocycles. The maximum Gasteiger partial charge on any atom is 0.293 e. The van der Waals surface area contributed by atoms with Crippen LogP contribution in [0.5, 0.6) is 0 Å². The first-order valence-electron chi connectivity index (χ1n) is 7.92. The summed E-state index contributed by atoms with van der Waals surface area (Å²) in [4.78, 5) is 18.9. The van der Waals surface area contributed by atoms with Gasteiger partial charge in [0.15, 0.2) is 5.58 Å². The number of fused-ring (bicyclic) bond motifs is 1. The van der Waals surface area contributed by atoms with Gasteiger partial charge < -0.3 is 9.32 Å². The topological polar surface area (TPSA) is 46.3 Å². The number of halogens is 1. The van der Waals surface area contributed by atoms with Crippen molar-refractivity contribution in [2.24, 2.45) is 5.92 Å². The fourth-order valence-electron chi connectivity index (χ4n) is 2.68. The number of benzene rings is 2. The van der Waals surface area contributed by atoms with Crippen LogP contribution in [0.3, 0.4) is 0 Å². The fourth-order valence-corrected chi connectivity index (χ4v) is 2.85. The molecular formula is C19H19ClN2O2. The highest BCUT2D eigenvalue weighted by molar-refractivity contribution is 6.28. The van der Waals surface area contributed by atoms with Crippen molar-refractivity contribution in [3.8, 4) is 0 Å². The Balaban J connectivity index is 1.88. The van der Waals surface area contributed by atoms with Gasteiger partial charge in [-0.15, -0.1) is 0 Å². The summed E-state index contributed by atoms with van der Waals surface area (Å²) in [5, 5.41) is 0.0814. The molecule has 5 heteroatoms. The molecule has 24 heavy (non-hydrogen) atoms. The first-order chi connectivity index (χ1) is 11.5. The molecule has 1 amide bonds. The third-order valence-corrected chi connectivity index (χ3v) is 3.86. The summed E-state index contributed by atoms with van der Waals surface area (Å²) in [6, 6.07) is 15.2. The average molecular weight is 343 g/mol. The van der Waals surface area contributed by atoms with Crippen molar-refractivity contribution >= 4 is 28.6 Å². The van der Waals surface area contributed by atoms with Crippen LogP contribution in [-0.2, 0) is 6.54 Å². The molecule has 0 saturated heterocycles. The average Bonchev–Trinajstić information content (AvgIpc) is 2.93. The highest BCUT2D eigenvalue weighted by Crippen LogP contribution is 2.21. The number of hydrogen-bond donors (Lipinski definition) is 0. The summed E-state index contributed by atoms with van der Waals surface area (Å²) >= 11 is 5.78. The van der Waals surface area contributed by atoms with Gasteiger partial charge in [0.1, 0.15) is 5.52 Å². The van der Waals surface area contributed by atoms with E-state index in [2.05, 4.69) is 18.8 Å². The van der Waals surface area contributed by atoms with Gasteiger partial charge in [0, 0.05) is 18.7 Å². The van der Waals surface area contributed by atoms with Crippen LogP contribution in [0, 0.1) is 5.92 Å². The molecule has 0 aliphatic rings. The minimum Gasteiger partial charge on any atom is -0.428 e.